The molecule has 0 unspecified atom stereocenters. The molecule has 106 valence electrons. The highest BCUT2D eigenvalue weighted by Crippen LogP contribution is 2.48. The maximum absolute atomic E-state index is 12.4. The number of alkyl halides is 3. The Morgan fingerprint density at radius 1 is 1.05 bits per heavy atom. The highest BCUT2D eigenvalue weighted by molar-refractivity contribution is 8.00. The Balaban J connectivity index is 2.41. The molecule has 0 atom stereocenters. The third kappa shape index (κ3) is 3.57. The molecule has 1 saturated heterocycles. The summed E-state index contributed by atoms with van der Waals surface area (Å²) >= 11 is 17.7. The molecule has 1 aromatic carbocycles. The van der Waals surface area contributed by atoms with Gasteiger partial charge in [0.2, 0.25) is 0 Å². The van der Waals surface area contributed by atoms with Gasteiger partial charge in [-0.05, 0) is 30.7 Å². The number of hydrogen-bond donors (Lipinski definition) is 0. The lowest BCUT2D eigenvalue weighted by atomic mass is 10.3. The fourth-order valence-corrected chi connectivity index (χ4v) is 3.69. The first kappa shape index (κ1) is 15.4. The molecule has 1 fully saturated rings. The van der Waals surface area contributed by atoms with E-state index in [2.05, 4.69) is 0 Å². The molecule has 0 saturated carbocycles. The van der Waals surface area contributed by atoms with Gasteiger partial charge in [-0.15, -0.1) is 0 Å². The van der Waals surface area contributed by atoms with Crippen LogP contribution >= 0.6 is 46.6 Å². The molecule has 1 aliphatic heterocycles. The Bertz CT molecular complexity index is 487. The van der Waals surface area contributed by atoms with E-state index in [4.69, 9.17) is 34.8 Å². The second-order valence-electron chi connectivity index (χ2n) is 4.08. The smallest absolute Gasteiger partial charge is 0.369 e. The second-order valence-corrected chi connectivity index (χ2v) is 6.35. The van der Waals surface area contributed by atoms with E-state index in [1.165, 1.54) is 6.07 Å². The largest absolute Gasteiger partial charge is 0.446 e. The predicted molar refractivity (Wildman–Crippen MR) is 74.8 cm³/mol. The van der Waals surface area contributed by atoms with Crippen molar-refractivity contribution >= 4 is 52.3 Å². The van der Waals surface area contributed by atoms with E-state index >= 15 is 0 Å². The summed E-state index contributed by atoms with van der Waals surface area (Å²) in [7, 11) is 0. The molecular formula is C11H9Cl3F3NS. The number of thioether (sulfide) groups is 1. The van der Waals surface area contributed by atoms with Crippen molar-refractivity contribution in [2.45, 2.75) is 23.2 Å². The van der Waals surface area contributed by atoms with Crippen LogP contribution in [0.5, 0.6) is 0 Å². The average molecular weight is 351 g/mol. The van der Waals surface area contributed by atoms with E-state index in [9.17, 15) is 13.2 Å². The van der Waals surface area contributed by atoms with Gasteiger partial charge in [0.25, 0.3) is 0 Å². The Hall–Kier alpha value is 0.0300. The first-order valence-corrected chi connectivity index (χ1v) is 7.43. The van der Waals surface area contributed by atoms with Gasteiger partial charge >= 0.3 is 5.51 Å². The van der Waals surface area contributed by atoms with Gasteiger partial charge in [0.15, 0.2) is 0 Å². The van der Waals surface area contributed by atoms with E-state index in [0.29, 0.717) is 5.69 Å². The predicted octanol–water partition coefficient (Wildman–Crippen LogP) is 5.86. The van der Waals surface area contributed by atoms with E-state index in [0.717, 1.165) is 25.9 Å². The normalized spacial score (nSPS) is 16.2. The molecule has 1 heterocycles. The number of benzene rings is 1. The number of hydrogen-bond acceptors (Lipinski definition) is 2. The molecule has 0 aliphatic carbocycles. The lowest BCUT2D eigenvalue weighted by Gasteiger charge is -2.22. The van der Waals surface area contributed by atoms with Crippen molar-refractivity contribution < 1.29 is 13.2 Å². The minimum absolute atomic E-state index is 0.0859. The second kappa shape index (κ2) is 5.80. The van der Waals surface area contributed by atoms with Gasteiger partial charge in [-0.3, -0.25) is 0 Å². The summed E-state index contributed by atoms with van der Waals surface area (Å²) in [5, 5.41) is 0.182. The molecule has 0 spiro atoms. The monoisotopic (exact) mass is 349 g/mol. The Morgan fingerprint density at radius 3 is 2.16 bits per heavy atom. The van der Waals surface area contributed by atoms with Crippen LogP contribution in [0.3, 0.4) is 0 Å². The zero-order chi connectivity index (χ0) is 14.2. The Kier molecular flexibility index (Phi) is 4.71. The number of nitrogens with zero attached hydrogens (tertiary/aromatic N) is 1. The standard InChI is InChI=1S/C11H9Cl3F3NS/c12-6-5-7(19-11(15,16)17)8(13)9(14)10(6)18-3-1-2-4-18/h5H,1-4H2. The van der Waals surface area contributed by atoms with Gasteiger partial charge in [0.1, 0.15) is 0 Å². The maximum atomic E-state index is 12.4. The van der Waals surface area contributed by atoms with Crippen molar-refractivity contribution in [2.75, 3.05) is 18.0 Å². The number of rotatable bonds is 2. The molecule has 1 aromatic rings. The van der Waals surface area contributed by atoms with E-state index in [-0.39, 0.29) is 31.7 Å². The van der Waals surface area contributed by atoms with Crippen LogP contribution < -0.4 is 4.90 Å². The summed E-state index contributed by atoms with van der Waals surface area (Å²) in [6, 6.07) is 1.22. The van der Waals surface area contributed by atoms with Crippen LogP contribution in [0.15, 0.2) is 11.0 Å². The van der Waals surface area contributed by atoms with Crippen LogP contribution in [0.25, 0.3) is 0 Å². The molecule has 0 amide bonds. The zero-order valence-electron chi connectivity index (χ0n) is 9.53. The molecule has 0 bridgehead atoms. The van der Waals surface area contributed by atoms with Crippen LogP contribution in [-0.4, -0.2) is 18.6 Å². The van der Waals surface area contributed by atoms with E-state index in [1.54, 1.807) is 0 Å². The molecule has 1 nitrogen and oxygen atoms in total. The van der Waals surface area contributed by atoms with Crippen molar-refractivity contribution in [2.24, 2.45) is 0 Å². The highest BCUT2D eigenvalue weighted by atomic mass is 35.5. The van der Waals surface area contributed by atoms with Gasteiger partial charge in [-0.1, -0.05) is 34.8 Å². The van der Waals surface area contributed by atoms with Crippen molar-refractivity contribution in [3.05, 3.63) is 21.1 Å². The third-order valence-electron chi connectivity index (χ3n) is 2.75. The Labute approximate surface area is 128 Å². The van der Waals surface area contributed by atoms with Gasteiger partial charge in [-0.2, -0.15) is 13.2 Å². The first-order chi connectivity index (χ1) is 8.79. The third-order valence-corrected chi connectivity index (χ3v) is 4.78. The molecular weight excluding hydrogens is 342 g/mol. The number of halogens is 6. The van der Waals surface area contributed by atoms with Crippen LogP contribution in [0.2, 0.25) is 15.1 Å². The van der Waals surface area contributed by atoms with Crippen molar-refractivity contribution in [3.63, 3.8) is 0 Å². The molecule has 0 radical (unpaired) electrons. The van der Waals surface area contributed by atoms with Crippen LogP contribution in [0.4, 0.5) is 18.9 Å². The summed E-state index contributed by atoms with van der Waals surface area (Å²) < 4.78 is 37.2. The molecule has 1 aliphatic rings. The molecule has 0 N–H and O–H groups in total. The summed E-state index contributed by atoms with van der Waals surface area (Å²) in [4.78, 5) is 1.77. The quantitative estimate of drug-likeness (QED) is 0.485. The van der Waals surface area contributed by atoms with E-state index in [1.807, 2.05) is 4.90 Å². The summed E-state index contributed by atoms with van der Waals surface area (Å²) in [6.45, 7) is 1.56. The molecule has 8 heteroatoms. The SMILES string of the molecule is FC(F)(F)Sc1cc(Cl)c(N2CCCC2)c(Cl)c1Cl. The number of anilines is 1. The van der Waals surface area contributed by atoms with Gasteiger partial charge in [-0.25, -0.2) is 0 Å². The van der Waals surface area contributed by atoms with Crippen molar-refractivity contribution in [1.29, 1.82) is 0 Å². The van der Waals surface area contributed by atoms with Gasteiger partial charge in [0, 0.05) is 18.0 Å². The average Bonchev–Trinajstić information content (AvgIpc) is 2.77. The van der Waals surface area contributed by atoms with Crippen molar-refractivity contribution in [3.8, 4) is 0 Å². The molecule has 19 heavy (non-hydrogen) atoms. The minimum Gasteiger partial charge on any atom is -0.369 e. The van der Waals surface area contributed by atoms with Gasteiger partial charge in [0.05, 0.1) is 20.8 Å². The molecule has 0 aromatic heterocycles. The van der Waals surface area contributed by atoms with Crippen LogP contribution in [0, 0.1) is 0 Å². The zero-order valence-corrected chi connectivity index (χ0v) is 12.6. The van der Waals surface area contributed by atoms with Gasteiger partial charge < -0.3 is 4.90 Å². The maximum Gasteiger partial charge on any atom is 0.446 e. The van der Waals surface area contributed by atoms with Crippen LogP contribution in [0.1, 0.15) is 12.8 Å². The highest BCUT2D eigenvalue weighted by Gasteiger charge is 2.32. The van der Waals surface area contributed by atoms with E-state index < -0.39 is 5.51 Å². The molecule has 2 rings (SSSR count). The fraction of sp³-hybridized carbons (Fsp3) is 0.455. The van der Waals surface area contributed by atoms with Crippen molar-refractivity contribution in [1.82, 2.24) is 0 Å². The lowest BCUT2D eigenvalue weighted by molar-refractivity contribution is -0.0328. The summed E-state index contributed by atoms with van der Waals surface area (Å²) in [5.74, 6) is 0. The summed E-state index contributed by atoms with van der Waals surface area (Å²) in [5.41, 5.74) is -3.90. The fourth-order valence-electron chi connectivity index (χ4n) is 1.99. The van der Waals surface area contributed by atoms with Crippen LogP contribution in [-0.2, 0) is 0 Å². The summed E-state index contributed by atoms with van der Waals surface area (Å²) in [6.07, 6.45) is 2.01. The first-order valence-electron chi connectivity index (χ1n) is 5.48. The minimum atomic E-state index is -4.43. The Morgan fingerprint density at radius 2 is 1.63 bits per heavy atom. The lowest BCUT2D eigenvalue weighted by Crippen LogP contribution is -2.18. The topological polar surface area (TPSA) is 3.24 Å².